The van der Waals surface area contributed by atoms with Crippen LogP contribution in [-0.2, 0) is 9.53 Å². The summed E-state index contributed by atoms with van der Waals surface area (Å²) in [6, 6.07) is 7.39. The van der Waals surface area contributed by atoms with Crippen LogP contribution in [0.25, 0.3) is 0 Å². The van der Waals surface area contributed by atoms with Gasteiger partial charge in [0.25, 0.3) is 0 Å². The Morgan fingerprint density at radius 2 is 1.88 bits per heavy atom. The minimum Gasteiger partial charge on any atom is -0.493 e. The number of aromatic nitrogens is 3. The molecule has 0 spiro atoms. The highest BCUT2D eigenvalue weighted by Gasteiger charge is 2.36. The summed E-state index contributed by atoms with van der Waals surface area (Å²) in [5, 5.41) is 8.71. The Balaban J connectivity index is 2.04. The van der Waals surface area contributed by atoms with Gasteiger partial charge < -0.3 is 14.8 Å². The number of rotatable bonds is 12. The fourth-order valence-electron chi connectivity index (χ4n) is 3.49. The van der Waals surface area contributed by atoms with Gasteiger partial charge in [0.05, 0.1) is 18.8 Å². The molecule has 1 N–H and O–H groups in total. The van der Waals surface area contributed by atoms with Crippen molar-refractivity contribution in [3.05, 3.63) is 41.1 Å². The van der Waals surface area contributed by atoms with Gasteiger partial charge in [0.15, 0.2) is 0 Å². The normalized spacial score (nSPS) is 15.3. The first-order valence-electron chi connectivity index (χ1n) is 11.6. The van der Waals surface area contributed by atoms with E-state index in [2.05, 4.69) is 31.1 Å². The molecule has 174 valence electrons. The van der Waals surface area contributed by atoms with Crippen LogP contribution in [0.1, 0.15) is 71.4 Å². The van der Waals surface area contributed by atoms with Crippen LogP contribution in [0, 0.1) is 0 Å². The zero-order valence-electron chi connectivity index (χ0n) is 19.5. The molecule has 0 saturated carbocycles. The van der Waals surface area contributed by atoms with Crippen molar-refractivity contribution in [2.75, 3.05) is 24.3 Å². The van der Waals surface area contributed by atoms with Gasteiger partial charge in [0.1, 0.15) is 11.8 Å². The minimum atomic E-state index is -0.471. The lowest BCUT2D eigenvalue weighted by atomic mass is 9.95. The number of ether oxygens (including phenoxy) is 2. The fraction of sp³-hybridized carbons (Fsp3) is 0.542. The van der Waals surface area contributed by atoms with Crippen molar-refractivity contribution in [2.45, 2.75) is 71.0 Å². The number of benzene rings is 1. The standard InChI is InChI=1S/C24H34N4O3S/c1-5-8-14-30-19-13-11-10-12-18(19)21-20(22(29)31-15-9-6-2)17(4)25-23-26-24(27-28(21)23)32-16-7-3/h10-13,21H,5-9,14-16H2,1-4H3,(H,25,26,27). The van der Waals surface area contributed by atoms with E-state index in [1.807, 2.05) is 31.2 Å². The number of esters is 1. The van der Waals surface area contributed by atoms with E-state index >= 15 is 0 Å². The van der Waals surface area contributed by atoms with Crippen LogP contribution in [0.4, 0.5) is 5.95 Å². The molecule has 1 aromatic heterocycles. The molecule has 1 aromatic carbocycles. The maximum Gasteiger partial charge on any atom is 0.338 e. The van der Waals surface area contributed by atoms with Crippen molar-refractivity contribution >= 4 is 23.7 Å². The van der Waals surface area contributed by atoms with E-state index in [1.165, 1.54) is 0 Å². The van der Waals surface area contributed by atoms with E-state index in [9.17, 15) is 4.79 Å². The molecular weight excluding hydrogens is 424 g/mol. The summed E-state index contributed by atoms with van der Waals surface area (Å²) in [5.74, 6) is 1.98. The lowest BCUT2D eigenvalue weighted by molar-refractivity contribution is -0.139. The van der Waals surface area contributed by atoms with Crippen LogP contribution in [0.2, 0.25) is 0 Å². The van der Waals surface area contributed by atoms with Gasteiger partial charge in [-0.2, -0.15) is 4.98 Å². The first kappa shape index (κ1) is 24.2. The molecule has 1 aliphatic heterocycles. The molecule has 0 aliphatic carbocycles. The average Bonchev–Trinajstić information content (AvgIpc) is 3.19. The lowest BCUT2D eigenvalue weighted by Gasteiger charge is -2.29. The Morgan fingerprint density at radius 1 is 1.12 bits per heavy atom. The van der Waals surface area contributed by atoms with Crippen LogP contribution < -0.4 is 10.1 Å². The van der Waals surface area contributed by atoms with E-state index in [1.54, 1.807) is 16.4 Å². The quantitative estimate of drug-likeness (QED) is 0.252. The molecule has 7 nitrogen and oxygen atoms in total. The van der Waals surface area contributed by atoms with Gasteiger partial charge in [-0.25, -0.2) is 9.48 Å². The highest BCUT2D eigenvalue weighted by Crippen LogP contribution is 2.40. The zero-order chi connectivity index (χ0) is 22.9. The van der Waals surface area contributed by atoms with Crippen molar-refractivity contribution in [1.82, 2.24) is 14.8 Å². The molecule has 3 rings (SSSR count). The second-order valence-electron chi connectivity index (χ2n) is 7.81. The Kier molecular flexibility index (Phi) is 9.02. The molecule has 0 bridgehead atoms. The SMILES string of the molecule is CCCCOC(=O)C1=C(C)Nc2nc(SCCC)nn2C1c1ccccc1OCCCC. The number of nitrogens with one attached hydrogen (secondary N) is 1. The van der Waals surface area contributed by atoms with Gasteiger partial charge in [0, 0.05) is 17.0 Å². The maximum atomic E-state index is 13.2. The van der Waals surface area contributed by atoms with Crippen molar-refractivity contribution in [1.29, 1.82) is 0 Å². The average molecular weight is 459 g/mol. The number of carbonyl (C=O) groups excluding carboxylic acids is 1. The Bertz CT molecular complexity index is 941. The zero-order valence-corrected chi connectivity index (χ0v) is 20.3. The lowest BCUT2D eigenvalue weighted by Crippen LogP contribution is -2.30. The maximum absolute atomic E-state index is 13.2. The molecule has 2 aromatic rings. The van der Waals surface area contributed by atoms with Crippen LogP contribution in [0.3, 0.4) is 0 Å². The van der Waals surface area contributed by atoms with Gasteiger partial charge in [-0.3, -0.25) is 0 Å². The molecule has 0 radical (unpaired) electrons. The molecule has 32 heavy (non-hydrogen) atoms. The number of carbonyl (C=O) groups is 1. The molecular formula is C24H34N4O3S. The van der Waals surface area contributed by atoms with Crippen molar-refractivity contribution in [3.8, 4) is 5.75 Å². The minimum absolute atomic E-state index is 0.333. The summed E-state index contributed by atoms with van der Waals surface area (Å²) < 4.78 is 13.5. The van der Waals surface area contributed by atoms with Gasteiger partial charge in [-0.15, -0.1) is 5.10 Å². The van der Waals surface area contributed by atoms with E-state index in [4.69, 9.17) is 14.6 Å². The van der Waals surface area contributed by atoms with E-state index < -0.39 is 6.04 Å². The predicted octanol–water partition coefficient (Wildman–Crippen LogP) is 5.59. The molecule has 0 saturated heterocycles. The van der Waals surface area contributed by atoms with Crippen molar-refractivity contribution < 1.29 is 14.3 Å². The van der Waals surface area contributed by atoms with E-state index in [0.717, 1.165) is 54.9 Å². The number of allylic oxidation sites excluding steroid dienone is 1. The topological polar surface area (TPSA) is 78.3 Å². The predicted molar refractivity (Wildman–Crippen MR) is 128 cm³/mol. The number of para-hydroxylation sites is 1. The molecule has 0 amide bonds. The number of fused-ring (bicyclic) bond motifs is 1. The Labute approximate surface area is 195 Å². The molecule has 8 heteroatoms. The summed E-state index contributed by atoms with van der Waals surface area (Å²) in [7, 11) is 0. The number of anilines is 1. The van der Waals surface area contributed by atoms with Crippen LogP contribution >= 0.6 is 11.8 Å². The monoisotopic (exact) mass is 458 g/mol. The third kappa shape index (κ3) is 5.65. The first-order chi connectivity index (χ1) is 15.6. The van der Waals surface area contributed by atoms with Gasteiger partial charge in [0.2, 0.25) is 11.1 Å². The second-order valence-corrected chi connectivity index (χ2v) is 8.87. The van der Waals surface area contributed by atoms with Gasteiger partial charge in [-0.05, 0) is 32.3 Å². The molecule has 1 unspecified atom stereocenters. The molecule has 0 fully saturated rings. The van der Waals surface area contributed by atoms with E-state index in [0.29, 0.717) is 29.9 Å². The Hall–Kier alpha value is -2.48. The number of hydrogen-bond acceptors (Lipinski definition) is 7. The van der Waals surface area contributed by atoms with E-state index in [-0.39, 0.29) is 5.97 Å². The van der Waals surface area contributed by atoms with Crippen LogP contribution in [0.15, 0.2) is 40.7 Å². The summed E-state index contributed by atoms with van der Waals surface area (Å²) in [6.45, 7) is 9.25. The summed E-state index contributed by atoms with van der Waals surface area (Å²) in [4.78, 5) is 17.9. The second kappa shape index (κ2) is 11.9. The Morgan fingerprint density at radius 3 is 2.62 bits per heavy atom. The van der Waals surface area contributed by atoms with Crippen molar-refractivity contribution in [3.63, 3.8) is 0 Å². The number of nitrogens with zero attached hydrogens (tertiary/aromatic N) is 3. The molecule has 1 atom stereocenters. The third-order valence-electron chi connectivity index (χ3n) is 5.19. The number of hydrogen-bond donors (Lipinski definition) is 1. The smallest absolute Gasteiger partial charge is 0.338 e. The van der Waals surface area contributed by atoms with Crippen molar-refractivity contribution in [2.24, 2.45) is 0 Å². The summed E-state index contributed by atoms with van der Waals surface area (Å²) in [6.07, 6.45) is 4.85. The molecule has 1 aliphatic rings. The third-order valence-corrected chi connectivity index (χ3v) is 6.23. The largest absolute Gasteiger partial charge is 0.493 e. The first-order valence-corrected chi connectivity index (χ1v) is 12.5. The fourth-order valence-corrected chi connectivity index (χ4v) is 4.17. The summed E-state index contributed by atoms with van der Waals surface area (Å²) in [5.41, 5.74) is 2.15. The number of unbranched alkanes of at least 4 members (excludes halogenated alkanes) is 2. The van der Waals surface area contributed by atoms with Gasteiger partial charge >= 0.3 is 5.97 Å². The highest BCUT2D eigenvalue weighted by atomic mass is 32.2. The molecule has 2 heterocycles. The number of thioether (sulfide) groups is 1. The highest BCUT2D eigenvalue weighted by molar-refractivity contribution is 7.99. The van der Waals surface area contributed by atoms with Crippen LogP contribution in [0.5, 0.6) is 5.75 Å². The summed E-state index contributed by atoms with van der Waals surface area (Å²) >= 11 is 1.61. The van der Waals surface area contributed by atoms with Crippen LogP contribution in [-0.4, -0.2) is 39.7 Å². The van der Waals surface area contributed by atoms with Gasteiger partial charge in [-0.1, -0.05) is 63.6 Å².